The monoisotopic (exact) mass is 264 g/mol. The van der Waals surface area contributed by atoms with Crippen LogP contribution in [-0.2, 0) is 4.79 Å². The van der Waals surface area contributed by atoms with Crippen molar-refractivity contribution in [3.05, 3.63) is 24.3 Å². The second kappa shape index (κ2) is 5.93. The molecule has 0 heterocycles. The molecular weight excluding hydrogens is 244 g/mol. The molecule has 0 saturated heterocycles. The molecular formula is C14H20N2O3. The molecule has 1 aliphatic rings. The maximum atomic E-state index is 11.9. The van der Waals surface area contributed by atoms with Crippen LogP contribution in [0.1, 0.15) is 12.8 Å². The first-order valence-corrected chi connectivity index (χ1v) is 6.45. The summed E-state index contributed by atoms with van der Waals surface area (Å²) in [5.41, 5.74) is 6.24. The average molecular weight is 264 g/mol. The largest absolute Gasteiger partial charge is 0.484 e. The molecule has 0 aliphatic heterocycles. The van der Waals surface area contributed by atoms with Crippen LogP contribution in [-0.4, -0.2) is 42.2 Å². The average Bonchev–Trinajstić information content (AvgIpc) is 2.34. The van der Waals surface area contributed by atoms with Gasteiger partial charge in [0.1, 0.15) is 5.75 Å². The molecule has 0 radical (unpaired) electrons. The Morgan fingerprint density at radius 3 is 2.89 bits per heavy atom. The second-order valence-corrected chi connectivity index (χ2v) is 5.13. The van der Waals surface area contributed by atoms with Gasteiger partial charge in [-0.05, 0) is 30.9 Å². The molecule has 1 amide bonds. The fourth-order valence-corrected chi connectivity index (χ4v) is 2.20. The summed E-state index contributed by atoms with van der Waals surface area (Å²) >= 11 is 0. The Kier molecular flexibility index (Phi) is 4.27. The van der Waals surface area contributed by atoms with E-state index in [1.807, 2.05) is 0 Å². The number of carbonyl (C=O) groups excluding carboxylic acids is 1. The van der Waals surface area contributed by atoms with E-state index in [2.05, 4.69) is 0 Å². The van der Waals surface area contributed by atoms with Crippen LogP contribution < -0.4 is 10.5 Å². The van der Waals surface area contributed by atoms with Crippen LogP contribution in [0.2, 0.25) is 0 Å². The number of carbonyl (C=O) groups is 1. The van der Waals surface area contributed by atoms with Crippen molar-refractivity contribution in [1.82, 2.24) is 4.90 Å². The molecule has 1 fully saturated rings. The quantitative estimate of drug-likeness (QED) is 0.774. The van der Waals surface area contributed by atoms with Gasteiger partial charge >= 0.3 is 0 Å². The highest BCUT2D eigenvalue weighted by Crippen LogP contribution is 2.27. The number of nitrogens with zero attached hydrogens (tertiary/aromatic N) is 1. The van der Waals surface area contributed by atoms with Gasteiger partial charge in [0.25, 0.3) is 5.91 Å². The number of amides is 1. The van der Waals surface area contributed by atoms with Gasteiger partial charge < -0.3 is 20.5 Å². The number of hydrogen-bond acceptors (Lipinski definition) is 4. The maximum Gasteiger partial charge on any atom is 0.260 e. The molecule has 1 saturated carbocycles. The van der Waals surface area contributed by atoms with Gasteiger partial charge in [-0.2, -0.15) is 0 Å². The fourth-order valence-electron chi connectivity index (χ4n) is 2.20. The predicted octanol–water partition coefficient (Wildman–Crippen LogP) is 0.877. The lowest BCUT2D eigenvalue weighted by atomic mass is 9.82. The summed E-state index contributed by atoms with van der Waals surface area (Å²) in [6.07, 6.45) is 1.39. The summed E-state index contributed by atoms with van der Waals surface area (Å²) in [6, 6.07) is 7.01. The lowest BCUT2D eigenvalue weighted by Crippen LogP contribution is -2.41. The summed E-state index contributed by atoms with van der Waals surface area (Å²) in [5.74, 6) is 0.945. The number of aliphatic hydroxyl groups is 1. The lowest BCUT2D eigenvalue weighted by molar-refractivity contribution is -0.133. The van der Waals surface area contributed by atoms with Crippen LogP contribution in [0.15, 0.2) is 24.3 Å². The number of ether oxygens (including phenoxy) is 1. The van der Waals surface area contributed by atoms with Crippen molar-refractivity contribution >= 4 is 11.6 Å². The number of rotatable bonds is 5. The number of benzene rings is 1. The van der Waals surface area contributed by atoms with E-state index in [0.29, 0.717) is 23.9 Å². The molecule has 1 aromatic rings. The van der Waals surface area contributed by atoms with Crippen LogP contribution in [0.4, 0.5) is 5.69 Å². The van der Waals surface area contributed by atoms with Crippen LogP contribution in [0.25, 0.3) is 0 Å². The first-order chi connectivity index (χ1) is 9.04. The molecule has 5 nitrogen and oxygen atoms in total. The van der Waals surface area contributed by atoms with Gasteiger partial charge in [-0.3, -0.25) is 4.79 Å². The number of aliphatic hydroxyl groups excluding tert-OH is 1. The Balaban J connectivity index is 1.74. The minimum Gasteiger partial charge on any atom is -0.484 e. The smallest absolute Gasteiger partial charge is 0.260 e. The van der Waals surface area contributed by atoms with Crippen molar-refractivity contribution in [2.75, 3.05) is 25.9 Å². The van der Waals surface area contributed by atoms with Gasteiger partial charge in [0.15, 0.2) is 6.61 Å². The third-order valence-electron chi connectivity index (χ3n) is 3.39. The lowest BCUT2D eigenvalue weighted by Gasteiger charge is -2.34. The summed E-state index contributed by atoms with van der Waals surface area (Å²) in [5, 5.41) is 9.21. The van der Waals surface area contributed by atoms with Crippen molar-refractivity contribution in [3.63, 3.8) is 0 Å². The molecule has 1 aromatic carbocycles. The first-order valence-electron chi connectivity index (χ1n) is 6.45. The number of hydrogen-bond donors (Lipinski definition) is 2. The highest BCUT2D eigenvalue weighted by Gasteiger charge is 2.29. The van der Waals surface area contributed by atoms with Gasteiger partial charge in [-0.25, -0.2) is 0 Å². The minimum absolute atomic E-state index is 0.00915. The van der Waals surface area contributed by atoms with Crippen LogP contribution in [0, 0.1) is 5.92 Å². The van der Waals surface area contributed by atoms with Gasteiger partial charge in [-0.15, -0.1) is 0 Å². The molecule has 0 unspecified atom stereocenters. The first kappa shape index (κ1) is 13.7. The van der Waals surface area contributed by atoms with Crippen molar-refractivity contribution < 1.29 is 14.6 Å². The van der Waals surface area contributed by atoms with E-state index in [0.717, 1.165) is 12.8 Å². The molecule has 3 N–H and O–H groups in total. The summed E-state index contributed by atoms with van der Waals surface area (Å²) in [7, 11) is 1.76. The number of nitrogens with two attached hydrogens (primary N) is 1. The zero-order valence-corrected chi connectivity index (χ0v) is 11.1. The van der Waals surface area contributed by atoms with E-state index in [1.54, 1.807) is 36.2 Å². The summed E-state index contributed by atoms with van der Waals surface area (Å²) in [6.45, 7) is 0.686. The zero-order chi connectivity index (χ0) is 13.8. The number of anilines is 1. The van der Waals surface area contributed by atoms with Crippen LogP contribution >= 0.6 is 0 Å². The third-order valence-corrected chi connectivity index (χ3v) is 3.39. The second-order valence-electron chi connectivity index (χ2n) is 5.13. The van der Waals surface area contributed by atoms with E-state index in [1.165, 1.54) is 0 Å². The molecule has 2 rings (SSSR count). The van der Waals surface area contributed by atoms with Gasteiger partial charge in [0, 0.05) is 25.3 Å². The molecule has 0 aromatic heterocycles. The Hall–Kier alpha value is -1.75. The van der Waals surface area contributed by atoms with Crippen molar-refractivity contribution in [1.29, 1.82) is 0 Å². The molecule has 1 aliphatic carbocycles. The van der Waals surface area contributed by atoms with E-state index in [-0.39, 0.29) is 18.6 Å². The fraction of sp³-hybridized carbons (Fsp3) is 0.500. The van der Waals surface area contributed by atoms with E-state index in [9.17, 15) is 9.90 Å². The molecule has 19 heavy (non-hydrogen) atoms. The highest BCUT2D eigenvalue weighted by atomic mass is 16.5. The molecule has 0 spiro atoms. The normalized spacial score (nSPS) is 21.6. The van der Waals surface area contributed by atoms with Crippen LogP contribution in [0.3, 0.4) is 0 Å². The Morgan fingerprint density at radius 1 is 1.53 bits per heavy atom. The highest BCUT2D eigenvalue weighted by molar-refractivity contribution is 5.77. The summed E-state index contributed by atoms with van der Waals surface area (Å²) < 4.78 is 5.40. The van der Waals surface area contributed by atoms with Crippen molar-refractivity contribution in [3.8, 4) is 5.75 Å². The van der Waals surface area contributed by atoms with Crippen molar-refractivity contribution in [2.45, 2.75) is 18.9 Å². The number of likely N-dealkylation sites (N-methyl/N-ethyl adjacent to an activating group) is 1. The number of nitrogen functional groups attached to an aromatic ring is 1. The van der Waals surface area contributed by atoms with E-state index in [4.69, 9.17) is 10.5 Å². The molecule has 0 atom stereocenters. The van der Waals surface area contributed by atoms with Gasteiger partial charge in [-0.1, -0.05) is 6.07 Å². The van der Waals surface area contributed by atoms with Gasteiger partial charge in [0.2, 0.25) is 0 Å². The Labute approximate surface area is 113 Å². The third kappa shape index (κ3) is 3.86. The standard InChI is InChI=1S/C14H20N2O3/c1-16(8-10-5-12(17)6-10)14(18)9-19-13-4-2-3-11(15)7-13/h2-4,7,10,12,17H,5-6,8-9,15H2,1H3. The Bertz CT molecular complexity index is 444. The topological polar surface area (TPSA) is 75.8 Å². The summed E-state index contributed by atoms with van der Waals surface area (Å²) in [4.78, 5) is 13.5. The Morgan fingerprint density at radius 2 is 2.26 bits per heavy atom. The minimum atomic E-state index is -0.183. The van der Waals surface area contributed by atoms with E-state index < -0.39 is 0 Å². The molecule has 0 bridgehead atoms. The maximum absolute atomic E-state index is 11.9. The molecule has 104 valence electrons. The van der Waals surface area contributed by atoms with Crippen LogP contribution in [0.5, 0.6) is 5.75 Å². The predicted molar refractivity (Wildman–Crippen MR) is 72.7 cm³/mol. The van der Waals surface area contributed by atoms with Crippen molar-refractivity contribution in [2.24, 2.45) is 5.92 Å². The zero-order valence-electron chi connectivity index (χ0n) is 11.1. The van der Waals surface area contributed by atoms with Gasteiger partial charge in [0.05, 0.1) is 6.10 Å². The SMILES string of the molecule is CN(CC1CC(O)C1)C(=O)COc1cccc(N)c1. The molecule has 5 heteroatoms. The van der Waals surface area contributed by atoms with E-state index >= 15 is 0 Å².